The first kappa shape index (κ1) is 41.6. The summed E-state index contributed by atoms with van der Waals surface area (Å²) in [6.45, 7) is 6.57. The average molecular weight is 770 g/mol. The van der Waals surface area contributed by atoms with E-state index in [9.17, 15) is 29.4 Å². The number of aliphatic carboxylic acids is 1. The zero-order valence-electron chi connectivity index (χ0n) is 30.9. The fourth-order valence-corrected chi connectivity index (χ4v) is 5.92. The second-order valence-corrected chi connectivity index (χ2v) is 13.7. The minimum absolute atomic E-state index is 0. The van der Waals surface area contributed by atoms with Gasteiger partial charge in [0.15, 0.2) is 17.3 Å². The monoisotopic (exact) mass is 769 g/mol. The van der Waals surface area contributed by atoms with Crippen LogP contribution >= 0.6 is 12.4 Å². The molecular formula is C42H44ClN3O9. The van der Waals surface area contributed by atoms with E-state index in [-0.39, 0.29) is 38.1 Å². The number of esters is 1. The number of halogens is 1. The molecule has 2 atom stereocenters. The molecule has 4 aromatic rings. The maximum Gasteiger partial charge on any atom is 0.339 e. The maximum absolute atomic E-state index is 14.4. The average Bonchev–Trinajstić information content (AvgIpc) is 3.62. The van der Waals surface area contributed by atoms with Gasteiger partial charge < -0.3 is 34.6 Å². The Morgan fingerprint density at radius 2 is 1.60 bits per heavy atom. The Morgan fingerprint density at radius 3 is 2.27 bits per heavy atom. The van der Waals surface area contributed by atoms with Gasteiger partial charge in [0.1, 0.15) is 5.60 Å². The number of aliphatic hydroxyl groups excluding tert-OH is 1. The number of aromatic nitrogens is 1. The smallest absolute Gasteiger partial charge is 0.339 e. The molecule has 13 heteroatoms. The SMILES string of the molecule is CC(C(Cc1cc(C(=O)Nc2ccccc2)ccn1)c1ccc2c(c1)OCO2)N(C/C=C/c1ccccc1)C(=O)C(O)=C(CC(=O)O)C(=O)OC(C)(C)C.Cl. The van der Waals surface area contributed by atoms with Gasteiger partial charge in [-0.15, -0.1) is 12.4 Å². The molecular weight excluding hydrogens is 726 g/mol. The quantitative estimate of drug-likeness (QED) is 0.0670. The third-order valence-electron chi connectivity index (χ3n) is 8.57. The molecule has 0 bridgehead atoms. The van der Waals surface area contributed by atoms with E-state index in [1.54, 1.807) is 64.1 Å². The molecule has 55 heavy (non-hydrogen) atoms. The van der Waals surface area contributed by atoms with Crippen LogP contribution in [0.4, 0.5) is 5.69 Å². The number of fused-ring (bicyclic) bond motifs is 1. The molecule has 2 heterocycles. The summed E-state index contributed by atoms with van der Waals surface area (Å²) >= 11 is 0. The number of anilines is 1. The van der Waals surface area contributed by atoms with Gasteiger partial charge in [-0.05, 0) is 81.6 Å². The van der Waals surface area contributed by atoms with Gasteiger partial charge in [-0.1, -0.05) is 66.7 Å². The van der Waals surface area contributed by atoms with Crippen molar-refractivity contribution in [1.29, 1.82) is 0 Å². The Kier molecular flexibility index (Phi) is 14.2. The summed E-state index contributed by atoms with van der Waals surface area (Å²) in [5.74, 6) is -4.37. The number of pyridine rings is 1. The number of ether oxygens (including phenoxy) is 3. The van der Waals surface area contributed by atoms with E-state index < -0.39 is 53.2 Å². The van der Waals surface area contributed by atoms with Crippen LogP contribution in [-0.4, -0.2) is 68.8 Å². The lowest BCUT2D eigenvalue weighted by atomic mass is 9.86. The van der Waals surface area contributed by atoms with Gasteiger partial charge in [0.2, 0.25) is 6.79 Å². The highest BCUT2D eigenvalue weighted by molar-refractivity contribution is 6.04. The molecule has 0 spiro atoms. The van der Waals surface area contributed by atoms with Gasteiger partial charge in [0.25, 0.3) is 11.8 Å². The van der Waals surface area contributed by atoms with E-state index in [1.165, 1.54) is 11.1 Å². The van der Waals surface area contributed by atoms with Crippen molar-refractivity contribution in [2.24, 2.45) is 0 Å². The summed E-state index contributed by atoms with van der Waals surface area (Å²) in [5, 5.41) is 24.0. The number of para-hydroxylation sites is 1. The lowest BCUT2D eigenvalue weighted by Gasteiger charge is -2.35. The number of carbonyl (C=O) groups excluding carboxylic acids is 3. The number of benzene rings is 3. The normalized spacial score (nSPS) is 13.5. The van der Waals surface area contributed by atoms with Crippen molar-refractivity contribution in [1.82, 2.24) is 9.88 Å². The largest absolute Gasteiger partial charge is 0.503 e. The summed E-state index contributed by atoms with van der Waals surface area (Å²) in [6.07, 6.45) is 4.37. The van der Waals surface area contributed by atoms with E-state index in [0.29, 0.717) is 28.4 Å². The van der Waals surface area contributed by atoms with Gasteiger partial charge >= 0.3 is 11.9 Å². The number of nitrogens with zero attached hydrogens (tertiary/aromatic N) is 2. The molecule has 288 valence electrons. The minimum Gasteiger partial charge on any atom is -0.503 e. The van der Waals surface area contributed by atoms with Crippen LogP contribution in [-0.2, 0) is 25.5 Å². The third kappa shape index (κ3) is 11.4. The maximum atomic E-state index is 14.4. The first-order valence-corrected chi connectivity index (χ1v) is 17.4. The van der Waals surface area contributed by atoms with Gasteiger partial charge in [-0.2, -0.15) is 0 Å². The predicted molar refractivity (Wildman–Crippen MR) is 209 cm³/mol. The third-order valence-corrected chi connectivity index (χ3v) is 8.57. The number of hydrogen-bond acceptors (Lipinski definition) is 9. The summed E-state index contributed by atoms with van der Waals surface area (Å²) < 4.78 is 16.6. The van der Waals surface area contributed by atoms with E-state index in [0.717, 1.165) is 11.1 Å². The number of aliphatic hydroxyl groups is 1. The predicted octanol–water partition coefficient (Wildman–Crippen LogP) is 7.37. The summed E-state index contributed by atoms with van der Waals surface area (Å²) in [7, 11) is 0. The van der Waals surface area contributed by atoms with Crippen LogP contribution < -0.4 is 14.8 Å². The molecule has 2 amide bonds. The first-order valence-electron chi connectivity index (χ1n) is 17.4. The number of carboxylic acids is 1. The summed E-state index contributed by atoms with van der Waals surface area (Å²) in [5.41, 5.74) is 1.43. The van der Waals surface area contributed by atoms with Crippen molar-refractivity contribution in [3.8, 4) is 11.5 Å². The Labute approximate surface area is 325 Å². The number of carbonyl (C=O) groups is 4. The zero-order valence-corrected chi connectivity index (χ0v) is 31.7. The molecule has 1 aromatic heterocycles. The Hall–Kier alpha value is -6.14. The van der Waals surface area contributed by atoms with Crippen LogP contribution in [0.1, 0.15) is 67.2 Å². The number of nitrogens with one attached hydrogen (secondary N) is 1. The van der Waals surface area contributed by atoms with E-state index in [4.69, 9.17) is 14.2 Å². The molecule has 0 fully saturated rings. The van der Waals surface area contributed by atoms with E-state index in [2.05, 4.69) is 10.3 Å². The second kappa shape index (κ2) is 18.8. The van der Waals surface area contributed by atoms with Gasteiger partial charge in [-0.25, -0.2) is 4.79 Å². The molecule has 0 saturated carbocycles. The molecule has 1 aliphatic heterocycles. The van der Waals surface area contributed by atoms with Crippen LogP contribution in [0, 0.1) is 0 Å². The summed E-state index contributed by atoms with van der Waals surface area (Å²) in [4.78, 5) is 58.6. The molecule has 3 N–H and O–H groups in total. The van der Waals surface area contributed by atoms with Crippen LogP contribution in [0.2, 0.25) is 0 Å². The Bertz CT molecular complexity index is 2050. The summed E-state index contributed by atoms with van der Waals surface area (Å²) in [6, 6.07) is 26.4. The van der Waals surface area contributed by atoms with Crippen LogP contribution in [0.5, 0.6) is 11.5 Å². The molecule has 2 unspecified atom stereocenters. The topological polar surface area (TPSA) is 165 Å². The Balaban J connectivity index is 0.00000673. The van der Waals surface area contributed by atoms with Crippen molar-refractivity contribution in [2.75, 3.05) is 18.7 Å². The minimum atomic E-state index is -1.43. The molecule has 0 aliphatic carbocycles. The number of rotatable bonds is 14. The molecule has 5 rings (SSSR count). The zero-order chi connectivity index (χ0) is 38.8. The van der Waals surface area contributed by atoms with E-state index in [1.807, 2.05) is 66.7 Å². The fourth-order valence-electron chi connectivity index (χ4n) is 5.92. The highest BCUT2D eigenvalue weighted by atomic mass is 35.5. The fraction of sp³-hybridized carbons (Fsp3) is 0.262. The standard InChI is InChI=1S/C42H43N3O9.ClH/c1-27(45(21-11-14-28-12-7-5-8-13-28)40(50)38(48)34(25-37(46)47)41(51)54-42(2,3)4)33(29-17-18-35-36(23-29)53-26-52-35)24-32-22-30(19-20-43-32)39(49)44-31-15-9-6-10-16-31;/h5-20,22-23,27,33,48H,21,24-26H2,1-4H3,(H,44,49)(H,46,47);1H/b14-11+,38-34?;. The molecule has 3 aromatic carbocycles. The van der Waals surface area contributed by atoms with Gasteiger partial charge in [0.05, 0.1) is 12.0 Å². The first-order chi connectivity index (χ1) is 25.8. The number of hydrogen-bond donors (Lipinski definition) is 3. The molecule has 0 radical (unpaired) electrons. The molecule has 1 aliphatic rings. The second-order valence-electron chi connectivity index (χ2n) is 13.7. The Morgan fingerprint density at radius 1 is 0.927 bits per heavy atom. The van der Waals surface area contributed by atoms with Crippen LogP contribution in [0.3, 0.4) is 0 Å². The van der Waals surface area contributed by atoms with E-state index >= 15 is 0 Å². The lowest BCUT2D eigenvalue weighted by molar-refractivity contribution is -0.152. The molecule has 12 nitrogen and oxygen atoms in total. The highest BCUT2D eigenvalue weighted by Gasteiger charge is 2.35. The van der Waals surface area contributed by atoms with Crippen molar-refractivity contribution < 1.29 is 43.6 Å². The van der Waals surface area contributed by atoms with Crippen molar-refractivity contribution >= 4 is 47.9 Å². The number of carboxylic acid groups (broad SMARTS) is 1. The highest BCUT2D eigenvalue weighted by Crippen LogP contribution is 2.37. The van der Waals surface area contributed by atoms with Crippen LogP contribution in [0.25, 0.3) is 6.08 Å². The van der Waals surface area contributed by atoms with Gasteiger partial charge in [0, 0.05) is 41.6 Å². The van der Waals surface area contributed by atoms with Crippen molar-refractivity contribution in [3.05, 3.63) is 137 Å². The number of amides is 2. The lowest BCUT2D eigenvalue weighted by Crippen LogP contribution is -2.44. The van der Waals surface area contributed by atoms with Crippen molar-refractivity contribution in [3.63, 3.8) is 0 Å². The van der Waals surface area contributed by atoms with Crippen molar-refractivity contribution in [2.45, 2.75) is 58.1 Å². The molecule has 0 saturated heterocycles. The van der Waals surface area contributed by atoms with Gasteiger partial charge in [-0.3, -0.25) is 19.4 Å². The van der Waals surface area contributed by atoms with Crippen LogP contribution in [0.15, 0.2) is 115 Å².